The number of anilines is 1. The lowest BCUT2D eigenvalue weighted by Gasteiger charge is -2.23. The number of hydrogen-bond acceptors (Lipinski definition) is 3. The van der Waals surface area contributed by atoms with Crippen LogP contribution in [0.15, 0.2) is 24.3 Å². The summed E-state index contributed by atoms with van der Waals surface area (Å²) in [6, 6.07) is 7.79. The SMILES string of the molecule is CNC(C)c1ccccc1N1C(=O)C2CC(C)CC2C1=O. The van der Waals surface area contributed by atoms with Gasteiger partial charge in [-0.15, -0.1) is 0 Å². The van der Waals surface area contributed by atoms with Crippen molar-refractivity contribution in [2.75, 3.05) is 11.9 Å². The first-order valence-electron chi connectivity index (χ1n) is 7.68. The van der Waals surface area contributed by atoms with Crippen molar-refractivity contribution in [3.8, 4) is 0 Å². The monoisotopic (exact) mass is 286 g/mol. The molecule has 1 heterocycles. The summed E-state index contributed by atoms with van der Waals surface area (Å²) in [7, 11) is 1.88. The summed E-state index contributed by atoms with van der Waals surface area (Å²) in [4.78, 5) is 26.8. The molecule has 1 aromatic rings. The molecule has 0 spiro atoms. The van der Waals surface area contributed by atoms with Gasteiger partial charge in [0, 0.05) is 6.04 Å². The van der Waals surface area contributed by atoms with E-state index in [4.69, 9.17) is 0 Å². The maximum Gasteiger partial charge on any atom is 0.237 e. The molecule has 2 aliphatic rings. The number of amides is 2. The van der Waals surface area contributed by atoms with Crippen molar-refractivity contribution in [1.82, 2.24) is 5.32 Å². The molecule has 1 aromatic carbocycles. The summed E-state index contributed by atoms with van der Waals surface area (Å²) in [5.74, 6) is 0.243. The Bertz CT molecular complexity index is 560. The van der Waals surface area contributed by atoms with Crippen molar-refractivity contribution < 1.29 is 9.59 Å². The van der Waals surface area contributed by atoms with Crippen LogP contribution < -0.4 is 10.2 Å². The zero-order chi connectivity index (χ0) is 15.1. The Hall–Kier alpha value is -1.68. The van der Waals surface area contributed by atoms with E-state index in [9.17, 15) is 9.59 Å². The number of nitrogens with one attached hydrogen (secondary N) is 1. The van der Waals surface area contributed by atoms with Gasteiger partial charge in [-0.2, -0.15) is 0 Å². The summed E-state index contributed by atoms with van der Waals surface area (Å²) in [5.41, 5.74) is 1.74. The Balaban J connectivity index is 1.99. The molecule has 4 nitrogen and oxygen atoms in total. The van der Waals surface area contributed by atoms with Gasteiger partial charge in [0.1, 0.15) is 0 Å². The number of fused-ring (bicyclic) bond motifs is 1. The van der Waals surface area contributed by atoms with E-state index in [1.54, 1.807) is 0 Å². The third-order valence-electron chi connectivity index (χ3n) is 4.95. The molecular formula is C17H22N2O2. The maximum atomic E-state index is 12.7. The van der Waals surface area contributed by atoms with Gasteiger partial charge in [0.2, 0.25) is 11.8 Å². The van der Waals surface area contributed by atoms with E-state index >= 15 is 0 Å². The Labute approximate surface area is 125 Å². The number of carbonyl (C=O) groups is 2. The zero-order valence-corrected chi connectivity index (χ0v) is 12.8. The highest BCUT2D eigenvalue weighted by Crippen LogP contribution is 2.45. The Morgan fingerprint density at radius 1 is 1.14 bits per heavy atom. The Morgan fingerprint density at radius 3 is 2.29 bits per heavy atom. The summed E-state index contributed by atoms with van der Waals surface area (Å²) in [6.45, 7) is 4.16. The molecule has 3 rings (SSSR count). The first-order valence-corrected chi connectivity index (χ1v) is 7.68. The van der Waals surface area contributed by atoms with Crippen molar-refractivity contribution >= 4 is 17.5 Å². The average Bonchev–Trinajstić information content (AvgIpc) is 2.97. The number of carbonyl (C=O) groups excluding carboxylic acids is 2. The average molecular weight is 286 g/mol. The molecule has 2 amide bonds. The van der Waals surface area contributed by atoms with Crippen LogP contribution >= 0.6 is 0 Å². The molecule has 2 fully saturated rings. The lowest BCUT2D eigenvalue weighted by atomic mass is 10.00. The van der Waals surface area contributed by atoms with Crippen LogP contribution in [0.3, 0.4) is 0 Å². The van der Waals surface area contributed by atoms with E-state index in [0.29, 0.717) is 5.92 Å². The third-order valence-corrected chi connectivity index (χ3v) is 4.95. The summed E-state index contributed by atoms with van der Waals surface area (Å²) in [6.07, 6.45) is 1.69. The lowest BCUT2D eigenvalue weighted by molar-refractivity contribution is -0.123. The molecule has 1 saturated heterocycles. The molecule has 21 heavy (non-hydrogen) atoms. The van der Waals surface area contributed by atoms with Crippen LogP contribution in [0.5, 0.6) is 0 Å². The van der Waals surface area contributed by atoms with Gasteiger partial charge in [0.05, 0.1) is 17.5 Å². The number of benzene rings is 1. The van der Waals surface area contributed by atoms with Gasteiger partial charge in [-0.1, -0.05) is 25.1 Å². The highest BCUT2D eigenvalue weighted by Gasteiger charge is 2.52. The first-order chi connectivity index (χ1) is 10.0. The van der Waals surface area contributed by atoms with Crippen LogP contribution in [0, 0.1) is 17.8 Å². The number of hydrogen-bond donors (Lipinski definition) is 1. The fraction of sp³-hybridized carbons (Fsp3) is 0.529. The third kappa shape index (κ3) is 2.18. The fourth-order valence-corrected chi connectivity index (χ4v) is 3.73. The lowest BCUT2D eigenvalue weighted by Crippen LogP contribution is -2.33. The van der Waals surface area contributed by atoms with Gasteiger partial charge >= 0.3 is 0 Å². The molecule has 3 unspecified atom stereocenters. The number of rotatable bonds is 3. The van der Waals surface area contributed by atoms with Crippen LogP contribution in [0.4, 0.5) is 5.69 Å². The molecule has 3 atom stereocenters. The van der Waals surface area contributed by atoms with E-state index in [1.165, 1.54) is 4.90 Å². The van der Waals surface area contributed by atoms with E-state index in [2.05, 4.69) is 12.2 Å². The van der Waals surface area contributed by atoms with E-state index < -0.39 is 0 Å². The second kappa shape index (κ2) is 5.26. The van der Waals surface area contributed by atoms with Gasteiger partial charge in [-0.05, 0) is 44.4 Å². The predicted octanol–water partition coefficient (Wildman–Crippen LogP) is 2.50. The van der Waals surface area contributed by atoms with Crippen LogP contribution in [0.1, 0.15) is 38.3 Å². The highest BCUT2D eigenvalue weighted by molar-refractivity contribution is 6.22. The van der Waals surface area contributed by atoms with E-state index in [0.717, 1.165) is 24.1 Å². The topological polar surface area (TPSA) is 49.4 Å². The second-order valence-electron chi connectivity index (χ2n) is 6.37. The quantitative estimate of drug-likeness (QED) is 0.869. The highest BCUT2D eigenvalue weighted by atomic mass is 16.2. The molecule has 1 aliphatic heterocycles. The second-order valence-corrected chi connectivity index (χ2v) is 6.37. The van der Waals surface area contributed by atoms with Crippen LogP contribution in [0.25, 0.3) is 0 Å². The molecule has 112 valence electrons. The summed E-state index contributed by atoms with van der Waals surface area (Å²) < 4.78 is 0. The van der Waals surface area contributed by atoms with Crippen LogP contribution in [0.2, 0.25) is 0 Å². The molecule has 0 radical (unpaired) electrons. The van der Waals surface area contributed by atoms with Gasteiger partial charge in [-0.25, -0.2) is 4.90 Å². The van der Waals surface area contributed by atoms with E-state index in [1.807, 2.05) is 38.2 Å². The Morgan fingerprint density at radius 2 is 1.71 bits per heavy atom. The molecule has 4 heteroatoms. The number of para-hydroxylation sites is 1. The predicted molar refractivity (Wildman–Crippen MR) is 81.8 cm³/mol. The molecule has 1 aliphatic carbocycles. The van der Waals surface area contributed by atoms with Crippen molar-refractivity contribution in [3.05, 3.63) is 29.8 Å². The number of imide groups is 1. The standard InChI is InChI=1S/C17H22N2O2/c1-10-8-13-14(9-10)17(21)19(16(13)20)15-7-5-4-6-12(15)11(2)18-3/h4-7,10-11,13-14,18H,8-9H2,1-3H3. The van der Waals surface area contributed by atoms with Crippen molar-refractivity contribution in [2.45, 2.75) is 32.7 Å². The molecule has 1 N–H and O–H groups in total. The maximum absolute atomic E-state index is 12.7. The van der Waals surface area contributed by atoms with E-state index in [-0.39, 0.29) is 29.7 Å². The minimum atomic E-state index is -0.106. The molecule has 1 saturated carbocycles. The fourth-order valence-electron chi connectivity index (χ4n) is 3.73. The first kappa shape index (κ1) is 14.3. The van der Waals surface area contributed by atoms with Crippen LogP contribution in [-0.2, 0) is 9.59 Å². The smallest absolute Gasteiger partial charge is 0.237 e. The van der Waals surface area contributed by atoms with Crippen molar-refractivity contribution in [3.63, 3.8) is 0 Å². The van der Waals surface area contributed by atoms with Gasteiger partial charge in [0.25, 0.3) is 0 Å². The molecule has 0 bridgehead atoms. The largest absolute Gasteiger partial charge is 0.313 e. The number of nitrogens with zero attached hydrogens (tertiary/aromatic N) is 1. The van der Waals surface area contributed by atoms with Crippen molar-refractivity contribution in [2.24, 2.45) is 17.8 Å². The molecule has 0 aromatic heterocycles. The normalized spacial score (nSPS) is 29.9. The minimum Gasteiger partial charge on any atom is -0.313 e. The van der Waals surface area contributed by atoms with Gasteiger partial charge in [-0.3, -0.25) is 9.59 Å². The minimum absolute atomic E-state index is 0.00916. The van der Waals surface area contributed by atoms with Gasteiger partial charge < -0.3 is 5.32 Å². The van der Waals surface area contributed by atoms with Crippen LogP contribution in [-0.4, -0.2) is 18.9 Å². The summed E-state index contributed by atoms with van der Waals surface area (Å²) in [5, 5.41) is 3.18. The zero-order valence-electron chi connectivity index (χ0n) is 12.8. The Kier molecular flexibility index (Phi) is 3.57. The molecular weight excluding hydrogens is 264 g/mol. The van der Waals surface area contributed by atoms with Gasteiger partial charge in [0.15, 0.2) is 0 Å². The summed E-state index contributed by atoms with van der Waals surface area (Å²) >= 11 is 0. The van der Waals surface area contributed by atoms with Crippen molar-refractivity contribution in [1.29, 1.82) is 0 Å².